The molecule has 0 radical (unpaired) electrons. The van der Waals surface area contributed by atoms with Gasteiger partial charge in [-0.05, 0) is 30.7 Å². The van der Waals surface area contributed by atoms with Gasteiger partial charge in [-0.3, -0.25) is 9.59 Å². The SMILES string of the molecule is COc1ccc(C(=O)C(C)C(C)C(=O)O)cc1C. The third-order valence-electron chi connectivity index (χ3n) is 3.23. The average Bonchev–Trinajstić information content (AvgIpc) is 2.35. The zero-order chi connectivity index (χ0) is 13.9. The van der Waals surface area contributed by atoms with Crippen LogP contribution in [0, 0.1) is 18.8 Å². The maximum absolute atomic E-state index is 12.1. The van der Waals surface area contributed by atoms with Crippen LogP contribution >= 0.6 is 0 Å². The molecule has 4 heteroatoms. The first-order valence-corrected chi connectivity index (χ1v) is 5.80. The smallest absolute Gasteiger partial charge is 0.306 e. The molecule has 0 spiro atoms. The van der Waals surface area contributed by atoms with Gasteiger partial charge in [0.2, 0.25) is 0 Å². The topological polar surface area (TPSA) is 63.6 Å². The zero-order valence-electron chi connectivity index (χ0n) is 11.1. The number of ketones is 1. The molecule has 0 aliphatic rings. The van der Waals surface area contributed by atoms with Crippen LogP contribution in [0.2, 0.25) is 0 Å². The number of benzene rings is 1. The number of methoxy groups -OCH3 is 1. The highest BCUT2D eigenvalue weighted by molar-refractivity contribution is 5.99. The summed E-state index contributed by atoms with van der Waals surface area (Å²) in [6.07, 6.45) is 0. The number of hydrogen-bond donors (Lipinski definition) is 1. The van der Waals surface area contributed by atoms with Gasteiger partial charge in [-0.25, -0.2) is 0 Å². The summed E-state index contributed by atoms with van der Waals surface area (Å²) in [6.45, 7) is 5.03. The molecule has 98 valence electrons. The molecule has 18 heavy (non-hydrogen) atoms. The number of carboxylic acids is 1. The van der Waals surface area contributed by atoms with Crippen LogP contribution in [-0.2, 0) is 4.79 Å². The fourth-order valence-electron chi connectivity index (χ4n) is 1.74. The van der Waals surface area contributed by atoms with Crippen molar-refractivity contribution in [2.45, 2.75) is 20.8 Å². The van der Waals surface area contributed by atoms with Crippen molar-refractivity contribution in [2.24, 2.45) is 11.8 Å². The molecule has 0 heterocycles. The van der Waals surface area contributed by atoms with Crippen LogP contribution in [0.3, 0.4) is 0 Å². The van der Waals surface area contributed by atoms with E-state index in [4.69, 9.17) is 9.84 Å². The van der Waals surface area contributed by atoms with Crippen LogP contribution in [-0.4, -0.2) is 24.0 Å². The third-order valence-corrected chi connectivity index (χ3v) is 3.23. The first kappa shape index (κ1) is 14.2. The summed E-state index contributed by atoms with van der Waals surface area (Å²) in [5, 5.41) is 8.91. The minimum absolute atomic E-state index is 0.157. The number of rotatable bonds is 5. The lowest BCUT2D eigenvalue weighted by Crippen LogP contribution is -2.25. The Kier molecular flexibility index (Phi) is 4.48. The summed E-state index contributed by atoms with van der Waals surface area (Å²) in [5.41, 5.74) is 1.38. The molecule has 0 aromatic heterocycles. The zero-order valence-corrected chi connectivity index (χ0v) is 11.1. The third kappa shape index (κ3) is 2.88. The van der Waals surface area contributed by atoms with E-state index in [1.165, 1.54) is 0 Å². The second kappa shape index (κ2) is 5.67. The maximum atomic E-state index is 12.1. The number of hydrogen-bond acceptors (Lipinski definition) is 3. The molecule has 0 saturated carbocycles. The van der Waals surface area contributed by atoms with Crippen molar-refractivity contribution in [3.05, 3.63) is 29.3 Å². The van der Waals surface area contributed by atoms with Crippen molar-refractivity contribution in [2.75, 3.05) is 7.11 Å². The Hall–Kier alpha value is -1.84. The van der Waals surface area contributed by atoms with Crippen molar-refractivity contribution in [3.63, 3.8) is 0 Å². The lowest BCUT2D eigenvalue weighted by atomic mass is 9.88. The summed E-state index contributed by atoms with van der Waals surface area (Å²) in [6, 6.07) is 5.12. The Bertz CT molecular complexity index is 465. The summed E-state index contributed by atoms with van der Waals surface area (Å²) >= 11 is 0. The van der Waals surface area contributed by atoms with Crippen molar-refractivity contribution >= 4 is 11.8 Å². The summed E-state index contributed by atoms with van der Waals surface area (Å²) in [7, 11) is 1.57. The fourth-order valence-corrected chi connectivity index (χ4v) is 1.74. The molecule has 1 aromatic carbocycles. The van der Waals surface area contributed by atoms with Gasteiger partial charge in [0.15, 0.2) is 5.78 Å². The Morgan fingerprint density at radius 2 is 1.83 bits per heavy atom. The van der Waals surface area contributed by atoms with E-state index in [2.05, 4.69) is 0 Å². The highest BCUT2D eigenvalue weighted by Gasteiger charge is 2.26. The number of ether oxygens (including phenoxy) is 1. The van der Waals surface area contributed by atoms with E-state index in [9.17, 15) is 9.59 Å². The molecule has 0 amide bonds. The highest BCUT2D eigenvalue weighted by Crippen LogP contribution is 2.23. The molecule has 1 rings (SSSR count). The summed E-state index contributed by atoms with van der Waals surface area (Å²) < 4.78 is 5.12. The van der Waals surface area contributed by atoms with Crippen LogP contribution in [0.4, 0.5) is 0 Å². The quantitative estimate of drug-likeness (QED) is 0.816. The largest absolute Gasteiger partial charge is 0.496 e. The van der Waals surface area contributed by atoms with Gasteiger partial charge in [0, 0.05) is 11.5 Å². The number of Topliss-reactive ketones (excluding diaryl/α,β-unsaturated/α-hetero) is 1. The van der Waals surface area contributed by atoms with E-state index in [0.29, 0.717) is 11.3 Å². The Labute approximate surface area is 107 Å². The Morgan fingerprint density at radius 1 is 1.22 bits per heavy atom. The summed E-state index contributed by atoms with van der Waals surface area (Å²) in [4.78, 5) is 23.0. The van der Waals surface area contributed by atoms with Gasteiger partial charge in [-0.15, -0.1) is 0 Å². The van der Waals surface area contributed by atoms with Gasteiger partial charge >= 0.3 is 5.97 Å². The number of aliphatic carboxylic acids is 1. The van der Waals surface area contributed by atoms with Gasteiger partial charge in [-0.1, -0.05) is 13.8 Å². The molecule has 2 atom stereocenters. The Morgan fingerprint density at radius 3 is 2.28 bits per heavy atom. The van der Waals surface area contributed by atoms with Crippen molar-refractivity contribution in [1.82, 2.24) is 0 Å². The molecule has 0 aliphatic heterocycles. The van der Waals surface area contributed by atoms with Gasteiger partial charge in [-0.2, -0.15) is 0 Å². The molecule has 4 nitrogen and oxygen atoms in total. The number of carbonyl (C=O) groups excluding carboxylic acids is 1. The lowest BCUT2D eigenvalue weighted by molar-refractivity contribution is -0.142. The highest BCUT2D eigenvalue weighted by atomic mass is 16.5. The van der Waals surface area contributed by atoms with E-state index in [0.717, 1.165) is 5.56 Å². The summed E-state index contributed by atoms with van der Waals surface area (Å²) in [5.74, 6) is -1.64. The van der Waals surface area contributed by atoms with E-state index in [-0.39, 0.29) is 5.78 Å². The van der Waals surface area contributed by atoms with Gasteiger partial charge in [0.1, 0.15) is 5.75 Å². The fraction of sp³-hybridized carbons (Fsp3) is 0.429. The van der Waals surface area contributed by atoms with Crippen LogP contribution in [0.25, 0.3) is 0 Å². The van der Waals surface area contributed by atoms with Crippen molar-refractivity contribution < 1.29 is 19.4 Å². The molecular formula is C14H18O4. The maximum Gasteiger partial charge on any atom is 0.306 e. The number of aryl methyl sites for hydroxylation is 1. The standard InChI is InChI=1S/C14H18O4/c1-8-7-11(5-6-12(8)18-4)13(15)9(2)10(3)14(16)17/h5-7,9-10H,1-4H3,(H,16,17). The number of carboxylic acid groups (broad SMARTS) is 1. The van der Waals surface area contributed by atoms with Crippen molar-refractivity contribution in [3.8, 4) is 5.75 Å². The average molecular weight is 250 g/mol. The monoisotopic (exact) mass is 250 g/mol. The van der Waals surface area contributed by atoms with Gasteiger partial charge < -0.3 is 9.84 Å². The lowest BCUT2D eigenvalue weighted by Gasteiger charge is -2.15. The minimum Gasteiger partial charge on any atom is -0.496 e. The van der Waals surface area contributed by atoms with Gasteiger partial charge in [0.25, 0.3) is 0 Å². The predicted octanol–water partition coefficient (Wildman–Crippen LogP) is 2.54. The first-order valence-electron chi connectivity index (χ1n) is 5.80. The molecule has 0 aliphatic carbocycles. The van der Waals surface area contributed by atoms with Gasteiger partial charge in [0.05, 0.1) is 13.0 Å². The Balaban J connectivity index is 2.97. The van der Waals surface area contributed by atoms with E-state index >= 15 is 0 Å². The molecule has 0 saturated heterocycles. The second-order valence-corrected chi connectivity index (χ2v) is 4.46. The molecular weight excluding hydrogens is 232 g/mol. The molecule has 0 bridgehead atoms. The van der Waals surface area contributed by atoms with Crippen LogP contribution in [0.15, 0.2) is 18.2 Å². The van der Waals surface area contributed by atoms with Crippen LogP contribution < -0.4 is 4.74 Å². The van der Waals surface area contributed by atoms with E-state index in [1.54, 1.807) is 39.2 Å². The predicted molar refractivity (Wildman–Crippen MR) is 68.0 cm³/mol. The van der Waals surface area contributed by atoms with Crippen LogP contribution in [0.1, 0.15) is 29.8 Å². The molecule has 1 N–H and O–H groups in total. The molecule has 1 aromatic rings. The molecule has 0 fully saturated rings. The molecule has 2 unspecified atom stereocenters. The van der Waals surface area contributed by atoms with E-state index < -0.39 is 17.8 Å². The van der Waals surface area contributed by atoms with Crippen LogP contribution in [0.5, 0.6) is 5.75 Å². The second-order valence-electron chi connectivity index (χ2n) is 4.46. The van der Waals surface area contributed by atoms with E-state index in [1.807, 2.05) is 6.92 Å². The van der Waals surface area contributed by atoms with Crippen molar-refractivity contribution in [1.29, 1.82) is 0 Å². The normalized spacial score (nSPS) is 13.8. The first-order chi connectivity index (χ1) is 8.38. The number of carbonyl (C=O) groups is 2. The minimum atomic E-state index is -0.957.